The Morgan fingerprint density at radius 2 is 2.00 bits per heavy atom. The molecular formula is C12H19N3. The number of nitrogens with zero attached hydrogens (tertiary/aromatic N) is 1. The van der Waals surface area contributed by atoms with Crippen molar-refractivity contribution >= 4 is 5.69 Å². The van der Waals surface area contributed by atoms with Crippen LogP contribution >= 0.6 is 0 Å². The lowest BCUT2D eigenvalue weighted by atomic mass is 9.92. The van der Waals surface area contributed by atoms with Crippen LogP contribution in [0.1, 0.15) is 31.2 Å². The molecule has 0 aliphatic heterocycles. The second-order valence-corrected chi connectivity index (χ2v) is 4.51. The summed E-state index contributed by atoms with van der Waals surface area (Å²) in [7, 11) is 0. The molecule has 1 heterocycles. The van der Waals surface area contributed by atoms with Crippen molar-refractivity contribution < 1.29 is 0 Å². The van der Waals surface area contributed by atoms with E-state index in [0.29, 0.717) is 12.1 Å². The van der Waals surface area contributed by atoms with Gasteiger partial charge < -0.3 is 11.1 Å². The summed E-state index contributed by atoms with van der Waals surface area (Å²) in [5.41, 5.74) is 8.21. The maximum absolute atomic E-state index is 5.87. The van der Waals surface area contributed by atoms with E-state index in [0.717, 1.165) is 18.5 Å². The molecule has 0 bridgehead atoms. The zero-order valence-corrected chi connectivity index (χ0v) is 9.24. The highest BCUT2D eigenvalue weighted by Gasteiger charge is 2.17. The Kier molecular flexibility index (Phi) is 3.21. The molecule has 0 amide bonds. The van der Waals surface area contributed by atoms with Crippen molar-refractivity contribution in [3.63, 3.8) is 0 Å². The fourth-order valence-corrected chi connectivity index (χ4v) is 2.13. The number of hydrogen-bond acceptors (Lipinski definition) is 3. The normalized spacial score (nSPS) is 26.3. The number of aromatic nitrogens is 1. The second kappa shape index (κ2) is 4.62. The van der Waals surface area contributed by atoms with Crippen LogP contribution in [-0.2, 0) is 0 Å². The van der Waals surface area contributed by atoms with E-state index in [1.807, 2.05) is 12.4 Å². The van der Waals surface area contributed by atoms with E-state index < -0.39 is 0 Å². The van der Waals surface area contributed by atoms with E-state index in [2.05, 4.69) is 23.3 Å². The highest BCUT2D eigenvalue weighted by molar-refractivity contribution is 5.43. The monoisotopic (exact) mass is 205 g/mol. The van der Waals surface area contributed by atoms with Crippen LogP contribution in [0.15, 0.2) is 18.5 Å². The first-order valence-electron chi connectivity index (χ1n) is 5.68. The zero-order chi connectivity index (χ0) is 10.7. The van der Waals surface area contributed by atoms with Crippen molar-refractivity contribution in [2.24, 2.45) is 5.73 Å². The molecule has 3 N–H and O–H groups in total. The SMILES string of the molecule is Cc1cncc(NC2CCC(N)CC2)c1. The van der Waals surface area contributed by atoms with Crippen LogP contribution < -0.4 is 11.1 Å². The third kappa shape index (κ3) is 2.93. The fraction of sp³-hybridized carbons (Fsp3) is 0.583. The number of pyridine rings is 1. The van der Waals surface area contributed by atoms with Crippen molar-refractivity contribution in [1.29, 1.82) is 0 Å². The molecule has 0 saturated heterocycles. The van der Waals surface area contributed by atoms with Crippen LogP contribution in [0.3, 0.4) is 0 Å². The predicted octanol–water partition coefficient (Wildman–Crippen LogP) is 2.07. The van der Waals surface area contributed by atoms with Crippen molar-refractivity contribution in [3.05, 3.63) is 24.0 Å². The van der Waals surface area contributed by atoms with Crippen LogP contribution in [0, 0.1) is 6.92 Å². The number of hydrogen-bond donors (Lipinski definition) is 2. The average molecular weight is 205 g/mol. The standard InChI is InChI=1S/C12H19N3/c1-9-6-12(8-14-7-9)15-11-4-2-10(13)3-5-11/h6-8,10-11,15H,2-5,13H2,1H3. The molecule has 1 aliphatic rings. The molecule has 2 rings (SSSR count). The molecule has 3 heteroatoms. The highest BCUT2D eigenvalue weighted by atomic mass is 14.9. The Hall–Kier alpha value is -1.09. The number of nitrogens with two attached hydrogens (primary N) is 1. The number of anilines is 1. The lowest BCUT2D eigenvalue weighted by Gasteiger charge is -2.27. The van der Waals surface area contributed by atoms with Crippen LogP contribution in [0.5, 0.6) is 0 Å². The maximum atomic E-state index is 5.87. The highest BCUT2D eigenvalue weighted by Crippen LogP contribution is 2.21. The van der Waals surface area contributed by atoms with Gasteiger partial charge in [0.1, 0.15) is 0 Å². The van der Waals surface area contributed by atoms with Gasteiger partial charge in [0.15, 0.2) is 0 Å². The van der Waals surface area contributed by atoms with E-state index in [1.165, 1.54) is 18.4 Å². The van der Waals surface area contributed by atoms with Crippen LogP contribution in [0.2, 0.25) is 0 Å². The topological polar surface area (TPSA) is 50.9 Å². The van der Waals surface area contributed by atoms with Crippen molar-refractivity contribution in [1.82, 2.24) is 4.98 Å². The van der Waals surface area contributed by atoms with Crippen molar-refractivity contribution in [2.75, 3.05) is 5.32 Å². The Morgan fingerprint density at radius 1 is 1.27 bits per heavy atom. The van der Waals surface area contributed by atoms with Gasteiger partial charge >= 0.3 is 0 Å². The zero-order valence-electron chi connectivity index (χ0n) is 9.24. The maximum Gasteiger partial charge on any atom is 0.0531 e. The Bertz CT molecular complexity index is 316. The first-order chi connectivity index (χ1) is 7.24. The third-order valence-electron chi connectivity index (χ3n) is 3.02. The Morgan fingerprint density at radius 3 is 2.67 bits per heavy atom. The third-order valence-corrected chi connectivity index (χ3v) is 3.02. The summed E-state index contributed by atoms with van der Waals surface area (Å²) in [6.45, 7) is 2.06. The second-order valence-electron chi connectivity index (χ2n) is 4.51. The minimum Gasteiger partial charge on any atom is -0.381 e. The van der Waals surface area contributed by atoms with Gasteiger partial charge in [0.25, 0.3) is 0 Å². The minimum atomic E-state index is 0.415. The molecule has 1 aromatic heterocycles. The van der Waals surface area contributed by atoms with E-state index in [1.54, 1.807) is 0 Å². The van der Waals surface area contributed by atoms with Gasteiger partial charge in [-0.05, 0) is 44.2 Å². The average Bonchev–Trinajstić information content (AvgIpc) is 2.22. The molecule has 0 radical (unpaired) electrons. The van der Waals surface area contributed by atoms with Gasteiger partial charge in [-0.15, -0.1) is 0 Å². The number of aryl methyl sites for hydroxylation is 1. The molecule has 1 fully saturated rings. The molecule has 0 aromatic carbocycles. The van der Waals surface area contributed by atoms with E-state index in [-0.39, 0.29) is 0 Å². The van der Waals surface area contributed by atoms with E-state index in [4.69, 9.17) is 5.73 Å². The van der Waals surface area contributed by atoms with Crippen LogP contribution in [0.4, 0.5) is 5.69 Å². The molecule has 3 nitrogen and oxygen atoms in total. The predicted molar refractivity (Wildman–Crippen MR) is 62.8 cm³/mol. The summed E-state index contributed by atoms with van der Waals surface area (Å²) >= 11 is 0. The summed E-state index contributed by atoms with van der Waals surface area (Å²) in [6, 6.07) is 3.13. The first-order valence-corrected chi connectivity index (χ1v) is 5.68. The van der Waals surface area contributed by atoms with Crippen molar-refractivity contribution in [3.8, 4) is 0 Å². The molecule has 1 aromatic rings. The van der Waals surface area contributed by atoms with Crippen molar-refractivity contribution in [2.45, 2.75) is 44.7 Å². The van der Waals surface area contributed by atoms with E-state index >= 15 is 0 Å². The fourth-order valence-electron chi connectivity index (χ4n) is 2.13. The van der Waals surface area contributed by atoms with E-state index in [9.17, 15) is 0 Å². The van der Waals surface area contributed by atoms with Gasteiger partial charge in [0.05, 0.1) is 5.69 Å². The summed E-state index contributed by atoms with van der Waals surface area (Å²) < 4.78 is 0. The summed E-state index contributed by atoms with van der Waals surface area (Å²) in [6.07, 6.45) is 8.39. The molecule has 1 aliphatic carbocycles. The first kappa shape index (κ1) is 10.4. The molecule has 15 heavy (non-hydrogen) atoms. The Balaban J connectivity index is 1.92. The molecule has 1 saturated carbocycles. The minimum absolute atomic E-state index is 0.415. The summed E-state index contributed by atoms with van der Waals surface area (Å²) in [4.78, 5) is 4.18. The number of nitrogens with one attached hydrogen (secondary N) is 1. The van der Waals surface area contributed by atoms with Gasteiger partial charge in [0.2, 0.25) is 0 Å². The summed E-state index contributed by atoms with van der Waals surface area (Å²) in [5, 5.41) is 3.52. The molecule has 82 valence electrons. The van der Waals surface area contributed by atoms with Crippen LogP contribution in [-0.4, -0.2) is 17.1 Å². The molecule has 0 spiro atoms. The number of rotatable bonds is 2. The summed E-state index contributed by atoms with van der Waals surface area (Å²) in [5.74, 6) is 0. The van der Waals surface area contributed by atoms with Crippen LogP contribution in [0.25, 0.3) is 0 Å². The lowest BCUT2D eigenvalue weighted by Crippen LogP contribution is -2.32. The van der Waals surface area contributed by atoms with Gasteiger partial charge in [-0.25, -0.2) is 0 Å². The Labute approximate surface area is 91.1 Å². The van der Waals surface area contributed by atoms with Gasteiger partial charge in [-0.1, -0.05) is 0 Å². The quantitative estimate of drug-likeness (QED) is 0.777. The van der Waals surface area contributed by atoms with Gasteiger partial charge in [0, 0.05) is 24.5 Å². The van der Waals surface area contributed by atoms with Gasteiger partial charge in [-0.2, -0.15) is 0 Å². The molecular weight excluding hydrogens is 186 g/mol. The van der Waals surface area contributed by atoms with Gasteiger partial charge in [-0.3, -0.25) is 4.98 Å². The smallest absolute Gasteiger partial charge is 0.0531 e. The largest absolute Gasteiger partial charge is 0.381 e. The molecule has 0 atom stereocenters. The molecule has 0 unspecified atom stereocenters. The lowest BCUT2D eigenvalue weighted by molar-refractivity contribution is 0.411.